The first-order valence-electron chi connectivity index (χ1n) is 13.9. The van der Waals surface area contributed by atoms with Gasteiger partial charge in [0, 0.05) is 22.3 Å². The number of rotatable bonds is 6. The molecule has 0 saturated carbocycles. The molecule has 0 bridgehead atoms. The van der Waals surface area contributed by atoms with Crippen LogP contribution in [0.5, 0.6) is 0 Å². The molecule has 186 valence electrons. The summed E-state index contributed by atoms with van der Waals surface area (Å²) in [5.74, 6) is 13.8. The lowest BCUT2D eigenvalue weighted by molar-refractivity contribution is 0.795. The Morgan fingerprint density at radius 3 is 1.50 bits per heavy atom. The maximum absolute atomic E-state index is 3.49. The molecule has 0 radical (unpaired) electrons. The van der Waals surface area contributed by atoms with Crippen molar-refractivity contribution >= 4 is 21.5 Å². The Morgan fingerprint density at radius 1 is 0.447 bits per heavy atom. The van der Waals surface area contributed by atoms with Crippen LogP contribution >= 0.6 is 0 Å². The van der Waals surface area contributed by atoms with Gasteiger partial charge in [-0.25, -0.2) is 0 Å². The predicted octanol–water partition coefficient (Wildman–Crippen LogP) is 9.48. The van der Waals surface area contributed by atoms with Gasteiger partial charge in [-0.3, -0.25) is 0 Å². The number of hydrogen-bond donors (Lipinski definition) is 0. The molecule has 0 heteroatoms. The standard InChI is InChI=1S/C38H34/c1-3-5-11-29-17-19-30(20-18-29)21-22-32-25-26-34(38-16-10-9-14-36(32)38)28-27-33-24-23-31(12-6-4-2)35-13-7-8-15-37(33)35/h7-10,13-20,23-26H,3-6,11-12H2,1-2H3. The van der Waals surface area contributed by atoms with E-state index in [0.717, 1.165) is 45.9 Å². The molecule has 0 N–H and O–H groups in total. The van der Waals surface area contributed by atoms with E-state index in [1.54, 1.807) is 0 Å². The first kappa shape index (κ1) is 25.4. The molecule has 0 spiro atoms. The lowest BCUT2D eigenvalue weighted by atomic mass is 9.96. The summed E-state index contributed by atoms with van der Waals surface area (Å²) in [5, 5.41) is 4.85. The summed E-state index contributed by atoms with van der Waals surface area (Å²) in [6, 6.07) is 34.5. The van der Waals surface area contributed by atoms with Crippen molar-refractivity contribution in [3.05, 3.63) is 130 Å². The second-order valence-corrected chi connectivity index (χ2v) is 9.93. The number of hydrogen-bond acceptors (Lipinski definition) is 0. The minimum atomic E-state index is 1.03. The summed E-state index contributed by atoms with van der Waals surface area (Å²) in [5.41, 5.74) is 6.99. The largest absolute Gasteiger partial charge is 0.0654 e. The van der Waals surface area contributed by atoms with Gasteiger partial charge in [-0.15, -0.1) is 0 Å². The van der Waals surface area contributed by atoms with E-state index in [-0.39, 0.29) is 0 Å². The van der Waals surface area contributed by atoms with Crippen LogP contribution in [-0.2, 0) is 12.8 Å². The second-order valence-electron chi connectivity index (χ2n) is 9.93. The molecule has 0 nitrogen and oxygen atoms in total. The Labute approximate surface area is 227 Å². The number of fused-ring (bicyclic) bond motifs is 2. The molecule has 0 atom stereocenters. The highest BCUT2D eigenvalue weighted by molar-refractivity contribution is 5.94. The van der Waals surface area contributed by atoms with Gasteiger partial charge < -0.3 is 0 Å². The molecule has 0 fully saturated rings. The van der Waals surface area contributed by atoms with Crippen molar-refractivity contribution in [2.24, 2.45) is 0 Å². The smallest absolute Gasteiger partial charge is 0.0328 e. The van der Waals surface area contributed by atoms with Gasteiger partial charge in [-0.1, -0.05) is 117 Å². The average molecular weight is 491 g/mol. The highest BCUT2D eigenvalue weighted by Crippen LogP contribution is 2.25. The van der Waals surface area contributed by atoms with Crippen molar-refractivity contribution in [3.63, 3.8) is 0 Å². The number of unbranched alkanes of at least 4 members (excludes halogenated alkanes) is 2. The monoisotopic (exact) mass is 490 g/mol. The fourth-order valence-electron chi connectivity index (χ4n) is 4.98. The van der Waals surface area contributed by atoms with Crippen LogP contribution in [0.15, 0.2) is 97.1 Å². The van der Waals surface area contributed by atoms with Crippen LogP contribution in [0.4, 0.5) is 0 Å². The SMILES string of the molecule is CCCCc1ccc(C#Cc2ccc(C#Cc3ccc(CCCC)c4ccccc34)c3ccccc23)cc1. The summed E-state index contributed by atoms with van der Waals surface area (Å²) in [6.45, 7) is 4.48. The zero-order valence-corrected chi connectivity index (χ0v) is 22.5. The third-order valence-corrected chi connectivity index (χ3v) is 7.18. The van der Waals surface area contributed by atoms with E-state index in [2.05, 4.69) is 135 Å². The van der Waals surface area contributed by atoms with E-state index >= 15 is 0 Å². The van der Waals surface area contributed by atoms with Crippen molar-refractivity contribution in [1.29, 1.82) is 0 Å². The fourth-order valence-corrected chi connectivity index (χ4v) is 4.98. The molecule has 0 unspecified atom stereocenters. The van der Waals surface area contributed by atoms with Crippen LogP contribution < -0.4 is 0 Å². The van der Waals surface area contributed by atoms with Gasteiger partial charge in [0.25, 0.3) is 0 Å². The first-order valence-corrected chi connectivity index (χ1v) is 13.9. The van der Waals surface area contributed by atoms with Gasteiger partial charge in [-0.2, -0.15) is 0 Å². The third-order valence-electron chi connectivity index (χ3n) is 7.18. The maximum atomic E-state index is 3.49. The Bertz CT molecular complexity index is 1680. The van der Waals surface area contributed by atoms with Crippen molar-refractivity contribution in [1.82, 2.24) is 0 Å². The minimum absolute atomic E-state index is 1.03. The Hall–Kier alpha value is -4.26. The van der Waals surface area contributed by atoms with Crippen molar-refractivity contribution in [2.45, 2.75) is 52.4 Å². The molecule has 5 aromatic rings. The molecule has 5 rings (SSSR count). The van der Waals surface area contributed by atoms with Crippen LogP contribution in [0, 0.1) is 23.7 Å². The van der Waals surface area contributed by atoms with Crippen LogP contribution in [0.25, 0.3) is 21.5 Å². The third kappa shape index (κ3) is 5.83. The highest BCUT2D eigenvalue weighted by atomic mass is 14.1. The van der Waals surface area contributed by atoms with E-state index in [1.165, 1.54) is 47.6 Å². The molecule has 0 aliphatic carbocycles. The van der Waals surface area contributed by atoms with Crippen LogP contribution in [0.1, 0.15) is 72.9 Å². The van der Waals surface area contributed by atoms with Gasteiger partial charge in [0.1, 0.15) is 0 Å². The Morgan fingerprint density at radius 2 is 0.921 bits per heavy atom. The summed E-state index contributed by atoms with van der Waals surface area (Å²) in [6.07, 6.45) is 7.11. The van der Waals surface area contributed by atoms with Crippen LogP contribution in [-0.4, -0.2) is 0 Å². The van der Waals surface area contributed by atoms with Crippen LogP contribution in [0.3, 0.4) is 0 Å². The zero-order chi connectivity index (χ0) is 26.2. The summed E-state index contributed by atoms with van der Waals surface area (Å²) in [4.78, 5) is 0. The quantitative estimate of drug-likeness (QED) is 0.208. The van der Waals surface area contributed by atoms with Gasteiger partial charge in [-0.05, 0) is 88.7 Å². The van der Waals surface area contributed by atoms with Gasteiger partial charge >= 0.3 is 0 Å². The maximum Gasteiger partial charge on any atom is 0.0328 e. The van der Waals surface area contributed by atoms with Crippen molar-refractivity contribution in [3.8, 4) is 23.7 Å². The number of benzene rings is 5. The Balaban J connectivity index is 1.47. The summed E-state index contributed by atoms with van der Waals surface area (Å²) < 4.78 is 0. The number of aryl methyl sites for hydroxylation is 2. The van der Waals surface area contributed by atoms with Crippen molar-refractivity contribution in [2.75, 3.05) is 0 Å². The van der Waals surface area contributed by atoms with E-state index in [1.807, 2.05) is 0 Å². The Kier molecular flexibility index (Phi) is 8.23. The molecular weight excluding hydrogens is 456 g/mol. The zero-order valence-electron chi connectivity index (χ0n) is 22.5. The van der Waals surface area contributed by atoms with E-state index in [0.29, 0.717) is 0 Å². The topological polar surface area (TPSA) is 0 Å². The van der Waals surface area contributed by atoms with Gasteiger partial charge in [0.05, 0.1) is 0 Å². The first-order chi connectivity index (χ1) is 18.8. The molecule has 38 heavy (non-hydrogen) atoms. The summed E-state index contributed by atoms with van der Waals surface area (Å²) in [7, 11) is 0. The highest BCUT2D eigenvalue weighted by Gasteiger charge is 2.06. The molecule has 5 aromatic carbocycles. The molecule has 0 aliphatic rings. The van der Waals surface area contributed by atoms with E-state index < -0.39 is 0 Å². The van der Waals surface area contributed by atoms with Crippen LogP contribution in [0.2, 0.25) is 0 Å². The second kappa shape index (κ2) is 12.3. The van der Waals surface area contributed by atoms with Gasteiger partial charge in [0.15, 0.2) is 0 Å². The molecule has 0 amide bonds. The van der Waals surface area contributed by atoms with Crippen molar-refractivity contribution < 1.29 is 0 Å². The lowest BCUT2D eigenvalue weighted by Crippen LogP contribution is -1.90. The van der Waals surface area contributed by atoms with Gasteiger partial charge in [0.2, 0.25) is 0 Å². The van der Waals surface area contributed by atoms with E-state index in [4.69, 9.17) is 0 Å². The summed E-state index contributed by atoms with van der Waals surface area (Å²) >= 11 is 0. The molecule has 0 heterocycles. The lowest BCUT2D eigenvalue weighted by Gasteiger charge is -2.08. The van der Waals surface area contributed by atoms with E-state index in [9.17, 15) is 0 Å². The average Bonchev–Trinajstić information content (AvgIpc) is 2.98. The normalized spacial score (nSPS) is 10.6. The molecule has 0 aromatic heterocycles. The minimum Gasteiger partial charge on any atom is -0.0654 e. The predicted molar refractivity (Wildman–Crippen MR) is 164 cm³/mol. The molecular formula is C38H34. The fraction of sp³-hybridized carbons (Fsp3) is 0.211. The molecule has 0 saturated heterocycles. The molecule has 0 aliphatic heterocycles.